The van der Waals surface area contributed by atoms with Crippen molar-refractivity contribution in [2.45, 2.75) is 0 Å². The van der Waals surface area contributed by atoms with Gasteiger partial charge in [-0.3, -0.25) is 14.5 Å². The third kappa shape index (κ3) is 5.21. The Balaban J connectivity index is 1.09. The van der Waals surface area contributed by atoms with Gasteiger partial charge in [0.2, 0.25) is 0 Å². The second-order valence-corrected chi connectivity index (χ2v) is 14.1. The predicted octanol–water partition coefficient (Wildman–Crippen LogP) is 12.7. The molecule has 0 saturated carbocycles. The van der Waals surface area contributed by atoms with E-state index in [9.17, 15) is 0 Å². The van der Waals surface area contributed by atoms with Crippen LogP contribution in [-0.2, 0) is 0 Å². The second-order valence-electron chi connectivity index (χ2n) is 14.1. The SMILES string of the molecule is c1ccc(-n2c3cc(-c4cccc5c6ccccc6n(-c6ccc(-c7cc(-c8ccccn8)cc(-c8ccccn8)c7)cc6)c45)ccc3c3cccnc32)cc1. The number of fused-ring (bicyclic) bond motifs is 6. The molecule has 5 heteroatoms. The molecule has 0 aliphatic rings. The lowest BCUT2D eigenvalue weighted by Crippen LogP contribution is -1.97. The highest BCUT2D eigenvalue weighted by atomic mass is 15.0. The van der Waals surface area contributed by atoms with E-state index in [2.05, 4.69) is 171 Å². The molecule has 0 spiro atoms. The summed E-state index contributed by atoms with van der Waals surface area (Å²) >= 11 is 0. The van der Waals surface area contributed by atoms with E-state index in [1.165, 1.54) is 32.8 Å². The second kappa shape index (κ2) is 13.0. The zero-order valence-corrected chi connectivity index (χ0v) is 30.3. The normalized spacial score (nSPS) is 11.6. The fourth-order valence-corrected chi connectivity index (χ4v) is 8.33. The fourth-order valence-electron chi connectivity index (χ4n) is 8.33. The highest BCUT2D eigenvalue weighted by molar-refractivity contribution is 6.15. The lowest BCUT2D eigenvalue weighted by Gasteiger charge is -2.14. The summed E-state index contributed by atoms with van der Waals surface area (Å²) in [5.41, 5.74) is 15.1. The number of pyridine rings is 3. The maximum Gasteiger partial charge on any atom is 0.145 e. The van der Waals surface area contributed by atoms with Crippen molar-refractivity contribution in [1.82, 2.24) is 24.1 Å². The number of nitrogens with zero attached hydrogens (tertiary/aromatic N) is 5. The van der Waals surface area contributed by atoms with Crippen LogP contribution in [0.2, 0.25) is 0 Å². The molecule has 6 aromatic carbocycles. The Hall–Kier alpha value is -7.63. The zero-order valence-electron chi connectivity index (χ0n) is 30.3. The molecule has 0 atom stereocenters. The molecule has 0 aliphatic heterocycles. The summed E-state index contributed by atoms with van der Waals surface area (Å²) in [6.07, 6.45) is 5.56. The van der Waals surface area contributed by atoms with Crippen molar-refractivity contribution in [3.8, 4) is 56.1 Å². The van der Waals surface area contributed by atoms with E-state index in [1.54, 1.807) is 0 Å². The fraction of sp³-hybridized carbons (Fsp3) is 0. The van der Waals surface area contributed by atoms with Gasteiger partial charge < -0.3 is 4.57 Å². The van der Waals surface area contributed by atoms with Crippen molar-refractivity contribution in [3.63, 3.8) is 0 Å². The Morgan fingerprint density at radius 2 is 0.929 bits per heavy atom. The van der Waals surface area contributed by atoms with Gasteiger partial charge in [0, 0.05) is 68.2 Å². The molecule has 0 saturated heterocycles. The highest BCUT2D eigenvalue weighted by Gasteiger charge is 2.19. The third-order valence-electron chi connectivity index (χ3n) is 10.9. The smallest absolute Gasteiger partial charge is 0.145 e. The van der Waals surface area contributed by atoms with Crippen molar-refractivity contribution in [1.29, 1.82) is 0 Å². The van der Waals surface area contributed by atoms with E-state index in [0.717, 1.165) is 67.1 Å². The van der Waals surface area contributed by atoms with Crippen LogP contribution in [0.5, 0.6) is 0 Å². The molecule has 5 nitrogen and oxygen atoms in total. The quantitative estimate of drug-likeness (QED) is 0.172. The van der Waals surface area contributed by atoms with Crippen LogP contribution in [0.1, 0.15) is 0 Å². The number of hydrogen-bond donors (Lipinski definition) is 0. The Morgan fingerprint density at radius 3 is 1.68 bits per heavy atom. The summed E-state index contributed by atoms with van der Waals surface area (Å²) in [6, 6.07) is 64.6. The molecule has 11 rings (SSSR count). The van der Waals surface area contributed by atoms with Crippen LogP contribution >= 0.6 is 0 Å². The van der Waals surface area contributed by atoms with Crippen molar-refractivity contribution < 1.29 is 0 Å². The minimum absolute atomic E-state index is 0.930. The summed E-state index contributed by atoms with van der Waals surface area (Å²) in [4.78, 5) is 14.2. The molecule has 0 bridgehead atoms. The van der Waals surface area contributed by atoms with E-state index < -0.39 is 0 Å². The van der Waals surface area contributed by atoms with Gasteiger partial charge in [0.25, 0.3) is 0 Å². The van der Waals surface area contributed by atoms with Crippen LogP contribution < -0.4 is 0 Å². The highest BCUT2D eigenvalue weighted by Crippen LogP contribution is 2.41. The first-order chi connectivity index (χ1) is 27.8. The van der Waals surface area contributed by atoms with E-state index in [0.29, 0.717) is 0 Å². The lowest BCUT2D eigenvalue weighted by molar-refractivity contribution is 1.14. The van der Waals surface area contributed by atoms with Crippen LogP contribution in [-0.4, -0.2) is 24.1 Å². The Morgan fingerprint density at radius 1 is 0.321 bits per heavy atom. The molecule has 0 amide bonds. The summed E-state index contributed by atoms with van der Waals surface area (Å²) in [7, 11) is 0. The van der Waals surface area contributed by atoms with E-state index in [1.807, 2.05) is 48.9 Å². The standard InChI is InChI=1S/C51H33N5/c1-2-12-39(13-3-1)56-49-33-35(23-26-43(49)45-17-11-29-54-51(45)56)41-15-10-16-44-42-14-4-5-20-48(42)55(50(41)44)40-24-21-34(22-25-40)36-30-37(46-18-6-8-27-52-46)32-38(31-36)47-19-7-9-28-53-47/h1-33H. The van der Waals surface area contributed by atoms with Gasteiger partial charge in [0.05, 0.1) is 27.9 Å². The number of para-hydroxylation sites is 3. The molecule has 0 unspecified atom stereocenters. The van der Waals surface area contributed by atoms with Gasteiger partial charge in [0.15, 0.2) is 0 Å². The molecule has 0 fully saturated rings. The first-order valence-electron chi connectivity index (χ1n) is 18.8. The van der Waals surface area contributed by atoms with E-state index >= 15 is 0 Å². The van der Waals surface area contributed by atoms with E-state index in [-0.39, 0.29) is 0 Å². The molecular formula is C51H33N5. The molecule has 0 N–H and O–H groups in total. The van der Waals surface area contributed by atoms with Crippen LogP contribution in [0.25, 0.3) is 99.9 Å². The van der Waals surface area contributed by atoms with Gasteiger partial charge in [-0.05, 0) is 108 Å². The van der Waals surface area contributed by atoms with Crippen LogP contribution in [0, 0.1) is 0 Å². The summed E-state index contributed by atoms with van der Waals surface area (Å²) in [6.45, 7) is 0. The average Bonchev–Trinajstić information content (AvgIpc) is 3.80. The van der Waals surface area contributed by atoms with Crippen LogP contribution in [0.4, 0.5) is 0 Å². The number of rotatable bonds is 6. The minimum atomic E-state index is 0.930. The van der Waals surface area contributed by atoms with Crippen molar-refractivity contribution in [2.75, 3.05) is 0 Å². The predicted molar refractivity (Wildman–Crippen MR) is 230 cm³/mol. The third-order valence-corrected chi connectivity index (χ3v) is 10.9. The molecule has 5 aromatic heterocycles. The zero-order chi connectivity index (χ0) is 37.0. The lowest BCUT2D eigenvalue weighted by atomic mass is 9.96. The van der Waals surface area contributed by atoms with Gasteiger partial charge in [-0.25, -0.2) is 4.98 Å². The first-order valence-corrected chi connectivity index (χ1v) is 18.8. The van der Waals surface area contributed by atoms with Gasteiger partial charge in [0.1, 0.15) is 5.65 Å². The van der Waals surface area contributed by atoms with Crippen molar-refractivity contribution in [3.05, 3.63) is 201 Å². The molecule has 0 aliphatic carbocycles. The Bertz CT molecular complexity index is 3160. The van der Waals surface area contributed by atoms with Gasteiger partial charge in [-0.15, -0.1) is 0 Å². The molecule has 0 radical (unpaired) electrons. The summed E-state index contributed by atoms with van der Waals surface area (Å²) in [5, 5.41) is 4.76. The molecule has 56 heavy (non-hydrogen) atoms. The van der Waals surface area contributed by atoms with Gasteiger partial charge >= 0.3 is 0 Å². The maximum absolute atomic E-state index is 4.85. The molecule has 262 valence electrons. The van der Waals surface area contributed by atoms with Crippen molar-refractivity contribution in [2.24, 2.45) is 0 Å². The summed E-state index contributed by atoms with van der Waals surface area (Å²) in [5.74, 6) is 0. The van der Waals surface area contributed by atoms with Crippen molar-refractivity contribution >= 4 is 43.7 Å². The number of aromatic nitrogens is 5. The number of benzene rings is 6. The molecule has 5 heterocycles. The van der Waals surface area contributed by atoms with E-state index in [4.69, 9.17) is 4.98 Å². The van der Waals surface area contributed by atoms with Gasteiger partial charge in [-0.1, -0.05) is 91.0 Å². The number of hydrogen-bond acceptors (Lipinski definition) is 3. The Labute approximate surface area is 323 Å². The topological polar surface area (TPSA) is 48.5 Å². The molecule has 11 aromatic rings. The van der Waals surface area contributed by atoms with Crippen LogP contribution in [0.15, 0.2) is 201 Å². The summed E-state index contributed by atoms with van der Waals surface area (Å²) < 4.78 is 4.70. The first kappa shape index (κ1) is 31.9. The van der Waals surface area contributed by atoms with Gasteiger partial charge in [-0.2, -0.15) is 0 Å². The Kier molecular flexibility index (Phi) is 7.42. The van der Waals surface area contributed by atoms with Crippen LogP contribution in [0.3, 0.4) is 0 Å². The molecular weight excluding hydrogens is 683 g/mol. The largest absolute Gasteiger partial charge is 0.309 e. The average molecular weight is 716 g/mol. The monoisotopic (exact) mass is 715 g/mol. The maximum atomic E-state index is 4.85. The minimum Gasteiger partial charge on any atom is -0.309 e.